The SMILES string of the molecule is CC1CCCC(C(O)c2cc3ccccc3s2)C1. The van der Waals surface area contributed by atoms with Crippen LogP contribution in [0.25, 0.3) is 10.1 Å². The highest BCUT2D eigenvalue weighted by Crippen LogP contribution is 2.40. The third kappa shape index (κ3) is 2.32. The summed E-state index contributed by atoms with van der Waals surface area (Å²) in [5.74, 6) is 1.23. The number of hydrogen-bond acceptors (Lipinski definition) is 2. The minimum absolute atomic E-state index is 0.259. The molecule has 3 rings (SSSR count). The molecule has 18 heavy (non-hydrogen) atoms. The fourth-order valence-electron chi connectivity index (χ4n) is 3.15. The maximum absolute atomic E-state index is 10.6. The van der Waals surface area contributed by atoms with Crippen LogP contribution >= 0.6 is 11.3 Å². The maximum atomic E-state index is 10.6. The third-order valence-electron chi connectivity index (χ3n) is 4.16. The van der Waals surface area contributed by atoms with Crippen molar-refractivity contribution in [3.8, 4) is 0 Å². The number of hydrogen-bond donors (Lipinski definition) is 1. The summed E-state index contributed by atoms with van der Waals surface area (Å²) in [6, 6.07) is 10.6. The molecule has 3 atom stereocenters. The highest BCUT2D eigenvalue weighted by Gasteiger charge is 2.27. The van der Waals surface area contributed by atoms with Crippen LogP contribution in [0.1, 0.15) is 43.6 Å². The van der Waals surface area contributed by atoms with Gasteiger partial charge in [0.1, 0.15) is 0 Å². The van der Waals surface area contributed by atoms with Gasteiger partial charge in [-0.3, -0.25) is 0 Å². The van der Waals surface area contributed by atoms with Crippen LogP contribution in [0.2, 0.25) is 0 Å². The lowest BCUT2D eigenvalue weighted by Gasteiger charge is -2.29. The van der Waals surface area contributed by atoms with E-state index >= 15 is 0 Å². The molecule has 0 saturated heterocycles. The van der Waals surface area contributed by atoms with Gasteiger partial charge in [0.05, 0.1) is 6.10 Å². The Balaban J connectivity index is 1.84. The van der Waals surface area contributed by atoms with Gasteiger partial charge in [0.15, 0.2) is 0 Å². The maximum Gasteiger partial charge on any atom is 0.0910 e. The van der Waals surface area contributed by atoms with E-state index in [4.69, 9.17) is 0 Å². The Morgan fingerprint density at radius 1 is 1.28 bits per heavy atom. The van der Waals surface area contributed by atoms with Gasteiger partial charge < -0.3 is 5.11 Å². The lowest BCUT2D eigenvalue weighted by Crippen LogP contribution is -2.19. The van der Waals surface area contributed by atoms with E-state index in [2.05, 4.69) is 37.3 Å². The fourth-order valence-corrected chi connectivity index (χ4v) is 4.29. The van der Waals surface area contributed by atoms with Crippen LogP contribution in [0, 0.1) is 11.8 Å². The number of benzene rings is 1. The summed E-state index contributed by atoms with van der Waals surface area (Å²) in [7, 11) is 0. The van der Waals surface area contributed by atoms with E-state index in [1.807, 2.05) is 0 Å². The Morgan fingerprint density at radius 2 is 2.11 bits per heavy atom. The van der Waals surface area contributed by atoms with Crippen LogP contribution in [-0.2, 0) is 0 Å². The molecule has 2 heteroatoms. The quantitative estimate of drug-likeness (QED) is 0.825. The van der Waals surface area contributed by atoms with Gasteiger partial charge in [0.25, 0.3) is 0 Å². The second-order valence-electron chi connectivity index (χ2n) is 5.66. The Kier molecular flexibility index (Phi) is 3.40. The van der Waals surface area contributed by atoms with E-state index in [-0.39, 0.29) is 6.10 Å². The topological polar surface area (TPSA) is 20.2 Å². The molecule has 0 bridgehead atoms. The second kappa shape index (κ2) is 5.02. The molecule has 96 valence electrons. The summed E-state index contributed by atoms with van der Waals surface area (Å²) in [5, 5.41) is 11.8. The minimum atomic E-state index is -0.259. The van der Waals surface area contributed by atoms with Crippen molar-refractivity contribution < 1.29 is 5.11 Å². The first-order valence-corrected chi connectivity index (χ1v) is 7.72. The van der Waals surface area contributed by atoms with Crippen molar-refractivity contribution >= 4 is 21.4 Å². The van der Waals surface area contributed by atoms with Crippen LogP contribution in [0.3, 0.4) is 0 Å². The zero-order valence-corrected chi connectivity index (χ0v) is 11.6. The van der Waals surface area contributed by atoms with Crippen molar-refractivity contribution in [1.82, 2.24) is 0 Å². The lowest BCUT2D eigenvalue weighted by molar-refractivity contribution is 0.0743. The predicted octanol–water partition coefficient (Wildman–Crippen LogP) is 4.76. The van der Waals surface area contributed by atoms with Crippen molar-refractivity contribution in [2.24, 2.45) is 11.8 Å². The Hall–Kier alpha value is -0.860. The molecule has 0 aliphatic heterocycles. The lowest BCUT2D eigenvalue weighted by atomic mass is 9.79. The number of thiophene rings is 1. The molecule has 0 spiro atoms. The van der Waals surface area contributed by atoms with Gasteiger partial charge in [-0.05, 0) is 42.2 Å². The summed E-state index contributed by atoms with van der Waals surface area (Å²) in [4.78, 5) is 1.15. The van der Waals surface area contributed by atoms with Gasteiger partial charge in [-0.1, -0.05) is 38.0 Å². The second-order valence-corrected chi connectivity index (χ2v) is 6.78. The van der Waals surface area contributed by atoms with Crippen LogP contribution in [0.4, 0.5) is 0 Å². The highest BCUT2D eigenvalue weighted by molar-refractivity contribution is 7.19. The van der Waals surface area contributed by atoms with E-state index in [1.54, 1.807) is 11.3 Å². The number of rotatable bonds is 2. The van der Waals surface area contributed by atoms with E-state index < -0.39 is 0 Å². The van der Waals surface area contributed by atoms with Crippen molar-refractivity contribution in [3.63, 3.8) is 0 Å². The smallest absolute Gasteiger partial charge is 0.0910 e. The first-order chi connectivity index (χ1) is 8.74. The van der Waals surface area contributed by atoms with E-state index in [0.29, 0.717) is 5.92 Å². The van der Waals surface area contributed by atoms with Crippen LogP contribution in [-0.4, -0.2) is 5.11 Å². The monoisotopic (exact) mass is 260 g/mol. The average molecular weight is 260 g/mol. The molecule has 2 aromatic rings. The summed E-state index contributed by atoms with van der Waals surface area (Å²) in [5.41, 5.74) is 0. The Morgan fingerprint density at radius 3 is 2.89 bits per heavy atom. The zero-order valence-electron chi connectivity index (χ0n) is 10.8. The van der Waals surface area contributed by atoms with Crippen molar-refractivity contribution in [2.45, 2.75) is 38.7 Å². The molecule has 1 aromatic carbocycles. The van der Waals surface area contributed by atoms with Crippen LogP contribution in [0.5, 0.6) is 0 Å². The predicted molar refractivity (Wildman–Crippen MR) is 77.9 cm³/mol. The molecule has 1 saturated carbocycles. The molecular formula is C16H20OS. The molecule has 0 amide bonds. The third-order valence-corrected chi connectivity index (χ3v) is 5.35. The summed E-state index contributed by atoms with van der Waals surface area (Å²) >= 11 is 1.75. The number of aliphatic hydroxyl groups is 1. The molecule has 1 aliphatic rings. The summed E-state index contributed by atoms with van der Waals surface area (Å²) in [6.45, 7) is 2.31. The molecule has 1 heterocycles. The van der Waals surface area contributed by atoms with Gasteiger partial charge in [-0.15, -0.1) is 11.3 Å². The molecule has 1 aliphatic carbocycles. The zero-order chi connectivity index (χ0) is 12.5. The van der Waals surface area contributed by atoms with Crippen molar-refractivity contribution in [2.75, 3.05) is 0 Å². The molecular weight excluding hydrogens is 240 g/mol. The molecule has 1 fully saturated rings. The summed E-state index contributed by atoms with van der Waals surface area (Å²) in [6.07, 6.45) is 4.70. The molecule has 0 radical (unpaired) electrons. The number of fused-ring (bicyclic) bond motifs is 1. The van der Waals surface area contributed by atoms with Gasteiger partial charge >= 0.3 is 0 Å². The highest BCUT2D eigenvalue weighted by atomic mass is 32.1. The van der Waals surface area contributed by atoms with Crippen LogP contribution < -0.4 is 0 Å². The van der Waals surface area contributed by atoms with E-state index in [1.165, 1.54) is 35.8 Å². The van der Waals surface area contributed by atoms with Crippen LogP contribution in [0.15, 0.2) is 30.3 Å². The first-order valence-electron chi connectivity index (χ1n) is 6.90. The van der Waals surface area contributed by atoms with Gasteiger partial charge in [-0.25, -0.2) is 0 Å². The first kappa shape index (κ1) is 12.2. The Labute approximate surface area is 112 Å². The van der Waals surface area contributed by atoms with Gasteiger partial charge in [0, 0.05) is 9.58 Å². The van der Waals surface area contributed by atoms with Crippen molar-refractivity contribution in [1.29, 1.82) is 0 Å². The average Bonchev–Trinajstić information content (AvgIpc) is 2.81. The molecule has 1 nitrogen and oxygen atoms in total. The minimum Gasteiger partial charge on any atom is -0.387 e. The van der Waals surface area contributed by atoms with Crippen molar-refractivity contribution in [3.05, 3.63) is 35.2 Å². The van der Waals surface area contributed by atoms with Gasteiger partial charge in [-0.2, -0.15) is 0 Å². The molecule has 1 aromatic heterocycles. The normalized spacial score (nSPS) is 26.3. The van der Waals surface area contributed by atoms with Gasteiger partial charge in [0.2, 0.25) is 0 Å². The van der Waals surface area contributed by atoms with E-state index in [0.717, 1.165) is 10.8 Å². The molecule has 3 unspecified atom stereocenters. The fraction of sp³-hybridized carbons (Fsp3) is 0.500. The molecule has 1 N–H and O–H groups in total. The largest absolute Gasteiger partial charge is 0.387 e. The summed E-state index contributed by atoms with van der Waals surface area (Å²) < 4.78 is 1.29. The standard InChI is InChI=1S/C16H20OS/c1-11-5-4-7-13(9-11)16(17)15-10-12-6-2-3-8-14(12)18-15/h2-3,6,8,10-11,13,16-17H,4-5,7,9H2,1H3. The Bertz CT molecular complexity index is 498. The van der Waals surface area contributed by atoms with E-state index in [9.17, 15) is 5.11 Å². The number of aliphatic hydroxyl groups excluding tert-OH is 1.